The number of aliphatic hydroxyl groups is 2. The highest BCUT2D eigenvalue weighted by Crippen LogP contribution is 2.08. The van der Waals surface area contributed by atoms with Crippen LogP contribution in [0.2, 0.25) is 0 Å². The Labute approximate surface area is 151 Å². The van der Waals surface area contributed by atoms with Crippen LogP contribution in [0.5, 0.6) is 0 Å². The van der Waals surface area contributed by atoms with Crippen LogP contribution in [0.4, 0.5) is 0 Å². The molecule has 0 saturated carbocycles. The molecule has 0 spiro atoms. The molecule has 146 valence electrons. The number of benzene rings is 1. The van der Waals surface area contributed by atoms with Gasteiger partial charge >= 0.3 is 0 Å². The molecule has 1 aromatic rings. The first-order chi connectivity index (χ1) is 12.3. The largest absolute Gasteiger partial charge is 0.394 e. The Balaban J connectivity index is 0. The molecule has 0 unspecified atom stereocenters. The molecule has 0 aliphatic rings. The molecule has 12 nitrogen and oxygen atoms in total. The molecule has 26 heavy (non-hydrogen) atoms. The van der Waals surface area contributed by atoms with Crippen LogP contribution in [0, 0.1) is 6.92 Å². The van der Waals surface area contributed by atoms with Gasteiger partial charge in [0.15, 0.2) is 0 Å². The fourth-order valence-electron chi connectivity index (χ4n) is 1.11. The van der Waals surface area contributed by atoms with E-state index < -0.39 is 10.1 Å². The van der Waals surface area contributed by atoms with E-state index in [-0.39, 0.29) is 18.1 Å². The van der Waals surface area contributed by atoms with Gasteiger partial charge in [-0.2, -0.15) is 8.42 Å². The molecule has 0 bridgehead atoms. The van der Waals surface area contributed by atoms with E-state index in [0.717, 1.165) is 5.56 Å². The highest BCUT2D eigenvalue weighted by Gasteiger charge is 2.06. The average Bonchev–Trinajstić information content (AvgIpc) is 2.61. The second-order valence-electron chi connectivity index (χ2n) is 4.26. The molecule has 0 aliphatic carbocycles. The molecular formula is C13H22N6O6S. The van der Waals surface area contributed by atoms with Crippen LogP contribution >= 0.6 is 0 Å². The van der Waals surface area contributed by atoms with Gasteiger partial charge in [0.25, 0.3) is 10.1 Å². The molecule has 0 atom stereocenters. The van der Waals surface area contributed by atoms with Crippen molar-refractivity contribution in [2.24, 2.45) is 10.2 Å². The molecule has 0 saturated heterocycles. The van der Waals surface area contributed by atoms with Crippen LogP contribution in [-0.2, 0) is 14.9 Å². The maximum Gasteiger partial charge on any atom is 0.294 e. The van der Waals surface area contributed by atoms with E-state index in [0.29, 0.717) is 26.3 Å². The van der Waals surface area contributed by atoms with Gasteiger partial charge in [0.2, 0.25) is 0 Å². The van der Waals surface area contributed by atoms with Crippen molar-refractivity contribution in [3.8, 4) is 0 Å². The summed E-state index contributed by atoms with van der Waals surface area (Å²) in [5.74, 6) is 0. The zero-order valence-electron chi connectivity index (χ0n) is 14.2. The maximum atomic E-state index is 10.5. The molecule has 3 N–H and O–H groups in total. The molecule has 1 aromatic carbocycles. The third-order valence-corrected chi connectivity index (χ3v) is 3.08. The fraction of sp³-hybridized carbons (Fsp3) is 0.538. The minimum absolute atomic E-state index is 0.0666. The predicted octanol–water partition coefficient (Wildman–Crippen LogP) is 1.84. The molecule has 0 radical (unpaired) electrons. The molecule has 0 aromatic heterocycles. The van der Waals surface area contributed by atoms with E-state index in [1.54, 1.807) is 12.1 Å². The Morgan fingerprint density at radius 2 is 1.42 bits per heavy atom. The topological polar surface area (TPSA) is 202 Å². The van der Waals surface area contributed by atoms with Gasteiger partial charge in [-0.15, -0.1) is 0 Å². The van der Waals surface area contributed by atoms with Crippen molar-refractivity contribution in [1.82, 2.24) is 0 Å². The minimum atomic E-state index is -4.02. The van der Waals surface area contributed by atoms with Crippen molar-refractivity contribution in [1.29, 1.82) is 0 Å². The van der Waals surface area contributed by atoms with Crippen LogP contribution in [0.1, 0.15) is 5.56 Å². The molecule has 0 fully saturated rings. The number of hydrogen-bond donors (Lipinski definition) is 3. The lowest BCUT2D eigenvalue weighted by Gasteiger charge is -1.95. The summed E-state index contributed by atoms with van der Waals surface area (Å²) in [6.07, 6.45) is 0. The number of aliphatic hydroxyl groups excluding tert-OH is 2. The Hall–Kier alpha value is -2.37. The van der Waals surface area contributed by atoms with E-state index >= 15 is 0 Å². The van der Waals surface area contributed by atoms with Gasteiger partial charge < -0.3 is 14.9 Å². The summed E-state index contributed by atoms with van der Waals surface area (Å²) >= 11 is 0. The fourth-order valence-corrected chi connectivity index (χ4v) is 1.59. The van der Waals surface area contributed by atoms with Crippen LogP contribution in [-0.4, -0.2) is 62.7 Å². The van der Waals surface area contributed by atoms with Crippen LogP contribution in [0.3, 0.4) is 0 Å². The number of hydrogen-bond acceptors (Lipinski definition) is 7. The SMILES string of the molecule is Cc1ccc(S(=O)(=O)O)cc1.OCCO.[N-]=[N+]=NCCOCCN=[N+]=[N-]. The first-order valence-electron chi connectivity index (χ1n) is 7.18. The lowest BCUT2D eigenvalue weighted by atomic mass is 10.2. The summed E-state index contributed by atoms with van der Waals surface area (Å²) in [5.41, 5.74) is 16.6. The number of aryl methyl sites for hydroxylation is 1. The second-order valence-corrected chi connectivity index (χ2v) is 5.68. The van der Waals surface area contributed by atoms with Crippen LogP contribution < -0.4 is 0 Å². The molecular weight excluding hydrogens is 368 g/mol. The van der Waals surface area contributed by atoms with Crippen molar-refractivity contribution in [2.75, 3.05) is 39.5 Å². The lowest BCUT2D eigenvalue weighted by molar-refractivity contribution is 0.149. The summed E-state index contributed by atoms with van der Waals surface area (Å²) in [4.78, 5) is 5.00. The summed E-state index contributed by atoms with van der Waals surface area (Å²) in [7, 11) is -4.02. The Morgan fingerprint density at radius 3 is 1.73 bits per heavy atom. The van der Waals surface area contributed by atoms with Gasteiger partial charge in [0.1, 0.15) is 0 Å². The third-order valence-electron chi connectivity index (χ3n) is 2.22. The third kappa shape index (κ3) is 18.0. The van der Waals surface area contributed by atoms with E-state index in [4.69, 9.17) is 30.6 Å². The van der Waals surface area contributed by atoms with Gasteiger partial charge in [0.05, 0.1) is 31.3 Å². The smallest absolute Gasteiger partial charge is 0.294 e. The maximum absolute atomic E-state index is 10.5. The monoisotopic (exact) mass is 390 g/mol. The Bertz CT molecular complexity index is 647. The standard InChI is InChI=1S/C7H8O3S.C4H8N6O.C2H6O2/c1-6-2-4-7(5-3-6)11(8,9)10;5-9-7-1-3-11-4-2-8-10-6;3-1-2-4/h2-5H,1H3,(H,8,9,10);1-4H2;3-4H,1-2H2. The molecule has 13 heteroatoms. The van der Waals surface area contributed by atoms with Gasteiger partial charge in [-0.3, -0.25) is 4.55 Å². The van der Waals surface area contributed by atoms with E-state index in [1.165, 1.54) is 12.1 Å². The highest BCUT2D eigenvalue weighted by molar-refractivity contribution is 7.85. The predicted molar refractivity (Wildman–Crippen MR) is 94.0 cm³/mol. The normalized spacial score (nSPS) is 9.38. The second kappa shape index (κ2) is 17.5. The first-order valence-corrected chi connectivity index (χ1v) is 8.62. The van der Waals surface area contributed by atoms with E-state index in [1.807, 2.05) is 6.92 Å². The quantitative estimate of drug-likeness (QED) is 0.198. The molecule has 1 rings (SSSR count). The van der Waals surface area contributed by atoms with Crippen molar-refractivity contribution in [3.63, 3.8) is 0 Å². The Kier molecular flexibility index (Phi) is 17.4. The summed E-state index contributed by atoms with van der Waals surface area (Å²) in [5, 5.41) is 21.7. The summed E-state index contributed by atoms with van der Waals surface area (Å²) in [6, 6.07) is 5.99. The lowest BCUT2D eigenvalue weighted by Crippen LogP contribution is -2.01. The van der Waals surface area contributed by atoms with Gasteiger partial charge in [-0.25, -0.2) is 0 Å². The Morgan fingerprint density at radius 1 is 1.00 bits per heavy atom. The van der Waals surface area contributed by atoms with Crippen molar-refractivity contribution < 1.29 is 27.9 Å². The molecule has 0 aliphatic heterocycles. The van der Waals surface area contributed by atoms with Gasteiger partial charge in [-0.1, -0.05) is 27.9 Å². The van der Waals surface area contributed by atoms with Crippen molar-refractivity contribution in [2.45, 2.75) is 11.8 Å². The van der Waals surface area contributed by atoms with Crippen LogP contribution in [0.15, 0.2) is 39.4 Å². The summed E-state index contributed by atoms with van der Waals surface area (Å²) < 4.78 is 34.5. The number of rotatable bonds is 8. The first kappa shape index (κ1) is 25.9. The highest BCUT2D eigenvalue weighted by atomic mass is 32.2. The van der Waals surface area contributed by atoms with E-state index in [2.05, 4.69) is 20.1 Å². The molecule has 0 heterocycles. The zero-order valence-corrected chi connectivity index (χ0v) is 15.0. The van der Waals surface area contributed by atoms with Gasteiger partial charge in [0, 0.05) is 22.9 Å². The minimum Gasteiger partial charge on any atom is -0.394 e. The zero-order chi connectivity index (χ0) is 20.3. The number of azide groups is 2. The van der Waals surface area contributed by atoms with Gasteiger partial charge in [-0.05, 0) is 30.1 Å². The van der Waals surface area contributed by atoms with Crippen LogP contribution in [0.25, 0.3) is 20.9 Å². The van der Waals surface area contributed by atoms with Crippen molar-refractivity contribution in [3.05, 3.63) is 50.7 Å². The molecule has 0 amide bonds. The van der Waals surface area contributed by atoms with Crippen molar-refractivity contribution >= 4 is 10.1 Å². The average molecular weight is 390 g/mol. The summed E-state index contributed by atoms with van der Waals surface area (Å²) in [6.45, 7) is 2.95. The van der Waals surface area contributed by atoms with E-state index in [9.17, 15) is 8.42 Å². The number of nitrogens with zero attached hydrogens (tertiary/aromatic N) is 6. The number of ether oxygens (including phenoxy) is 1.